The standard InChI is InChI=1S/C10H19NO2.ClH/c1-8(2)5-10(12)13-7-9-3-4-11-6-9;/h8-9,11H,3-7H2,1-2H3;1H. The first kappa shape index (κ1) is 13.7. The highest BCUT2D eigenvalue weighted by Crippen LogP contribution is 2.09. The third-order valence-corrected chi connectivity index (χ3v) is 2.22. The van der Waals surface area contributed by atoms with Gasteiger partial charge in [0.25, 0.3) is 0 Å². The summed E-state index contributed by atoms with van der Waals surface area (Å²) in [6, 6.07) is 0. The molecule has 1 saturated heterocycles. The normalized spacial score (nSPS) is 20.6. The second-order valence-corrected chi connectivity index (χ2v) is 4.14. The maximum absolute atomic E-state index is 11.2. The van der Waals surface area contributed by atoms with Gasteiger partial charge in [-0.25, -0.2) is 0 Å². The van der Waals surface area contributed by atoms with Gasteiger partial charge in [0.05, 0.1) is 6.61 Å². The third-order valence-electron chi connectivity index (χ3n) is 2.22. The number of hydrogen-bond acceptors (Lipinski definition) is 3. The first-order valence-electron chi connectivity index (χ1n) is 5.05. The van der Waals surface area contributed by atoms with Crippen LogP contribution in [0.2, 0.25) is 0 Å². The molecule has 0 aromatic carbocycles. The minimum Gasteiger partial charge on any atom is -0.465 e. The molecule has 0 aliphatic carbocycles. The average Bonchev–Trinajstić information content (AvgIpc) is 2.51. The summed E-state index contributed by atoms with van der Waals surface area (Å²) in [7, 11) is 0. The van der Waals surface area contributed by atoms with Gasteiger partial charge < -0.3 is 10.1 Å². The van der Waals surface area contributed by atoms with Gasteiger partial charge in [0.1, 0.15) is 0 Å². The molecular formula is C10H20ClNO2. The van der Waals surface area contributed by atoms with E-state index < -0.39 is 0 Å². The van der Waals surface area contributed by atoms with Gasteiger partial charge in [-0.1, -0.05) is 13.8 Å². The molecule has 14 heavy (non-hydrogen) atoms. The first-order chi connectivity index (χ1) is 6.18. The van der Waals surface area contributed by atoms with Crippen LogP contribution < -0.4 is 5.32 Å². The van der Waals surface area contributed by atoms with E-state index in [9.17, 15) is 4.79 Å². The summed E-state index contributed by atoms with van der Waals surface area (Å²) in [6.45, 7) is 6.71. The molecule has 0 aromatic rings. The quantitative estimate of drug-likeness (QED) is 0.734. The van der Waals surface area contributed by atoms with E-state index >= 15 is 0 Å². The first-order valence-corrected chi connectivity index (χ1v) is 5.05. The van der Waals surface area contributed by atoms with Gasteiger partial charge >= 0.3 is 5.97 Å². The number of rotatable bonds is 4. The van der Waals surface area contributed by atoms with Crippen LogP contribution in [0.3, 0.4) is 0 Å². The molecule has 3 nitrogen and oxygen atoms in total. The number of carbonyl (C=O) groups is 1. The van der Waals surface area contributed by atoms with E-state index in [2.05, 4.69) is 5.32 Å². The highest BCUT2D eigenvalue weighted by atomic mass is 35.5. The summed E-state index contributed by atoms with van der Waals surface area (Å²) < 4.78 is 5.16. The Morgan fingerprint density at radius 1 is 1.57 bits per heavy atom. The fourth-order valence-electron chi connectivity index (χ4n) is 1.46. The van der Waals surface area contributed by atoms with Crippen LogP contribution in [0.4, 0.5) is 0 Å². The molecule has 1 rings (SSSR count). The van der Waals surface area contributed by atoms with Gasteiger partial charge in [0, 0.05) is 18.9 Å². The predicted octanol–water partition coefficient (Wildman–Crippen LogP) is 1.61. The van der Waals surface area contributed by atoms with Crippen molar-refractivity contribution in [1.82, 2.24) is 5.32 Å². The Balaban J connectivity index is 0.00000169. The molecule has 0 radical (unpaired) electrons. The molecule has 1 aliphatic heterocycles. The van der Waals surface area contributed by atoms with Crippen LogP contribution in [0.1, 0.15) is 26.7 Å². The number of hydrogen-bond donors (Lipinski definition) is 1. The highest BCUT2D eigenvalue weighted by molar-refractivity contribution is 5.85. The summed E-state index contributed by atoms with van der Waals surface area (Å²) in [5, 5.41) is 3.25. The Hall–Kier alpha value is -0.280. The minimum absolute atomic E-state index is 0. The van der Waals surface area contributed by atoms with Crippen molar-refractivity contribution >= 4 is 18.4 Å². The van der Waals surface area contributed by atoms with Crippen LogP contribution in [0, 0.1) is 11.8 Å². The summed E-state index contributed by atoms with van der Waals surface area (Å²) in [6.07, 6.45) is 1.68. The van der Waals surface area contributed by atoms with Gasteiger partial charge in [-0.15, -0.1) is 12.4 Å². The van der Waals surface area contributed by atoms with E-state index in [1.54, 1.807) is 0 Å². The van der Waals surface area contributed by atoms with Crippen molar-refractivity contribution in [3.63, 3.8) is 0 Å². The lowest BCUT2D eigenvalue weighted by Crippen LogP contribution is -2.17. The van der Waals surface area contributed by atoms with Gasteiger partial charge in [0.2, 0.25) is 0 Å². The molecule has 0 spiro atoms. The van der Waals surface area contributed by atoms with Crippen molar-refractivity contribution in [3.8, 4) is 0 Å². The number of ether oxygens (including phenoxy) is 1. The molecule has 0 aromatic heterocycles. The molecule has 1 N–H and O–H groups in total. The Kier molecular flexibility index (Phi) is 6.93. The van der Waals surface area contributed by atoms with Gasteiger partial charge in [-0.2, -0.15) is 0 Å². The molecule has 4 heteroatoms. The van der Waals surface area contributed by atoms with Crippen molar-refractivity contribution in [3.05, 3.63) is 0 Å². The van der Waals surface area contributed by atoms with Crippen LogP contribution in [0.25, 0.3) is 0 Å². The molecule has 1 atom stereocenters. The van der Waals surface area contributed by atoms with E-state index in [1.165, 1.54) is 0 Å². The van der Waals surface area contributed by atoms with E-state index in [1.807, 2.05) is 13.8 Å². The molecule has 0 amide bonds. The van der Waals surface area contributed by atoms with Crippen LogP contribution in [0.5, 0.6) is 0 Å². The monoisotopic (exact) mass is 221 g/mol. The van der Waals surface area contributed by atoms with Crippen molar-refractivity contribution in [2.75, 3.05) is 19.7 Å². The van der Waals surface area contributed by atoms with E-state index in [0.717, 1.165) is 19.5 Å². The topological polar surface area (TPSA) is 38.3 Å². The van der Waals surface area contributed by atoms with E-state index in [4.69, 9.17) is 4.74 Å². The zero-order valence-corrected chi connectivity index (χ0v) is 9.73. The number of halogens is 1. The number of esters is 1. The van der Waals surface area contributed by atoms with Crippen molar-refractivity contribution in [1.29, 1.82) is 0 Å². The Bertz CT molecular complexity index is 168. The Labute approximate surface area is 92.0 Å². The zero-order chi connectivity index (χ0) is 9.68. The van der Waals surface area contributed by atoms with Crippen LogP contribution in [0.15, 0.2) is 0 Å². The molecule has 84 valence electrons. The van der Waals surface area contributed by atoms with E-state index in [0.29, 0.717) is 24.9 Å². The minimum atomic E-state index is -0.0538. The predicted molar refractivity (Wildman–Crippen MR) is 58.6 cm³/mol. The Morgan fingerprint density at radius 3 is 2.79 bits per heavy atom. The van der Waals surface area contributed by atoms with Gasteiger partial charge in [-0.05, 0) is 18.9 Å². The Morgan fingerprint density at radius 2 is 2.29 bits per heavy atom. The lowest BCUT2D eigenvalue weighted by atomic mass is 10.1. The van der Waals surface area contributed by atoms with Crippen LogP contribution in [-0.4, -0.2) is 25.7 Å². The third kappa shape index (κ3) is 5.45. The number of nitrogens with one attached hydrogen (secondary N) is 1. The molecule has 0 bridgehead atoms. The molecule has 1 heterocycles. The maximum Gasteiger partial charge on any atom is 0.306 e. The van der Waals surface area contributed by atoms with E-state index in [-0.39, 0.29) is 18.4 Å². The molecule has 0 saturated carbocycles. The molecular weight excluding hydrogens is 202 g/mol. The fraction of sp³-hybridized carbons (Fsp3) is 0.900. The molecule has 1 unspecified atom stereocenters. The van der Waals surface area contributed by atoms with Crippen LogP contribution >= 0.6 is 12.4 Å². The second kappa shape index (κ2) is 7.07. The van der Waals surface area contributed by atoms with Crippen molar-refractivity contribution in [2.45, 2.75) is 26.7 Å². The lowest BCUT2D eigenvalue weighted by molar-refractivity contribution is -0.145. The van der Waals surface area contributed by atoms with Gasteiger partial charge in [-0.3, -0.25) is 4.79 Å². The zero-order valence-electron chi connectivity index (χ0n) is 8.91. The largest absolute Gasteiger partial charge is 0.465 e. The van der Waals surface area contributed by atoms with Crippen molar-refractivity contribution < 1.29 is 9.53 Å². The van der Waals surface area contributed by atoms with Crippen molar-refractivity contribution in [2.24, 2.45) is 11.8 Å². The maximum atomic E-state index is 11.2. The molecule has 1 aliphatic rings. The SMILES string of the molecule is CC(C)CC(=O)OCC1CCNC1.Cl. The average molecular weight is 222 g/mol. The smallest absolute Gasteiger partial charge is 0.306 e. The van der Waals surface area contributed by atoms with Crippen LogP contribution in [-0.2, 0) is 9.53 Å². The fourth-order valence-corrected chi connectivity index (χ4v) is 1.46. The summed E-state index contributed by atoms with van der Waals surface area (Å²) in [4.78, 5) is 11.2. The lowest BCUT2D eigenvalue weighted by Gasteiger charge is -2.10. The number of carbonyl (C=O) groups excluding carboxylic acids is 1. The summed E-state index contributed by atoms with van der Waals surface area (Å²) >= 11 is 0. The molecule has 1 fully saturated rings. The summed E-state index contributed by atoms with van der Waals surface area (Å²) in [5.41, 5.74) is 0. The highest BCUT2D eigenvalue weighted by Gasteiger charge is 2.16. The summed E-state index contributed by atoms with van der Waals surface area (Å²) in [5.74, 6) is 0.882. The van der Waals surface area contributed by atoms with Gasteiger partial charge in [0.15, 0.2) is 0 Å². The second-order valence-electron chi connectivity index (χ2n) is 4.14.